The Kier molecular flexibility index (Phi) is 4.50. The van der Waals surface area contributed by atoms with E-state index < -0.39 is 0 Å². The Morgan fingerprint density at radius 1 is 1.29 bits per heavy atom. The van der Waals surface area contributed by atoms with Gasteiger partial charge in [0.1, 0.15) is 0 Å². The average Bonchev–Trinajstić information content (AvgIpc) is 2.25. The lowest BCUT2D eigenvalue weighted by Gasteiger charge is -2.20. The maximum absolute atomic E-state index is 4.57. The lowest BCUT2D eigenvalue weighted by atomic mass is 9.86. The van der Waals surface area contributed by atoms with Crippen LogP contribution < -0.4 is 0 Å². The Bertz CT molecular complexity index is 396. The molecule has 0 N–H and O–H groups in total. The van der Waals surface area contributed by atoms with Crippen LogP contribution in [-0.4, -0.2) is 6.21 Å². The highest BCUT2D eigenvalue weighted by molar-refractivity contribution is 5.66. The van der Waals surface area contributed by atoms with Gasteiger partial charge in [0.2, 0.25) is 0 Å². The SMILES string of the molecule is CCC(C)C=Nc1ccc(C(C)(C)C)cc1C. The number of hydrogen-bond acceptors (Lipinski definition) is 1. The number of aryl methyl sites for hydroxylation is 1. The maximum Gasteiger partial charge on any atom is 0.0655 e. The molecule has 1 aromatic carbocycles. The minimum Gasteiger partial charge on any atom is -0.261 e. The van der Waals surface area contributed by atoms with E-state index in [1.165, 1.54) is 11.1 Å². The molecule has 94 valence electrons. The zero-order chi connectivity index (χ0) is 13.1. The third-order valence-electron chi connectivity index (χ3n) is 3.17. The highest BCUT2D eigenvalue weighted by Gasteiger charge is 2.14. The molecule has 0 saturated heterocycles. The van der Waals surface area contributed by atoms with Crippen LogP contribution in [0.4, 0.5) is 5.69 Å². The molecular formula is C16H25N. The molecule has 17 heavy (non-hydrogen) atoms. The molecule has 0 fully saturated rings. The lowest BCUT2D eigenvalue weighted by molar-refractivity contribution is 0.590. The Balaban J connectivity index is 2.95. The van der Waals surface area contributed by atoms with Crippen molar-refractivity contribution in [2.24, 2.45) is 10.9 Å². The number of hydrogen-bond donors (Lipinski definition) is 0. The molecule has 1 unspecified atom stereocenters. The van der Waals surface area contributed by atoms with Crippen molar-refractivity contribution >= 4 is 11.9 Å². The normalized spacial score (nSPS) is 14.2. The second kappa shape index (κ2) is 5.48. The third kappa shape index (κ3) is 3.99. The van der Waals surface area contributed by atoms with Crippen molar-refractivity contribution in [3.8, 4) is 0 Å². The van der Waals surface area contributed by atoms with E-state index in [4.69, 9.17) is 0 Å². The van der Waals surface area contributed by atoms with Gasteiger partial charge in [-0.25, -0.2) is 0 Å². The number of nitrogens with zero attached hydrogens (tertiary/aromatic N) is 1. The highest BCUT2D eigenvalue weighted by atomic mass is 14.7. The van der Waals surface area contributed by atoms with Crippen LogP contribution in [0.15, 0.2) is 23.2 Å². The van der Waals surface area contributed by atoms with Crippen LogP contribution in [0, 0.1) is 12.8 Å². The molecule has 0 aromatic heterocycles. The fourth-order valence-corrected chi connectivity index (χ4v) is 1.58. The first-order chi connectivity index (χ1) is 7.84. The first-order valence-corrected chi connectivity index (χ1v) is 6.50. The zero-order valence-corrected chi connectivity index (χ0v) is 12.0. The molecular weight excluding hydrogens is 206 g/mol. The standard InChI is InChI=1S/C16H25N/c1-7-12(2)11-17-15-9-8-14(10-13(15)3)16(4,5)6/h8-12H,7H2,1-6H3. The van der Waals surface area contributed by atoms with Crippen LogP contribution in [-0.2, 0) is 5.41 Å². The molecule has 1 aromatic rings. The minimum atomic E-state index is 0.212. The summed E-state index contributed by atoms with van der Waals surface area (Å²) >= 11 is 0. The van der Waals surface area contributed by atoms with E-state index >= 15 is 0 Å². The van der Waals surface area contributed by atoms with Gasteiger partial charge in [-0.15, -0.1) is 0 Å². The third-order valence-corrected chi connectivity index (χ3v) is 3.17. The Morgan fingerprint density at radius 3 is 2.41 bits per heavy atom. The summed E-state index contributed by atoms with van der Waals surface area (Å²) < 4.78 is 0. The van der Waals surface area contributed by atoms with Crippen LogP contribution in [0.2, 0.25) is 0 Å². The second-order valence-corrected chi connectivity index (χ2v) is 5.91. The maximum atomic E-state index is 4.57. The van der Waals surface area contributed by atoms with Crippen LogP contribution in [0.1, 0.15) is 52.2 Å². The van der Waals surface area contributed by atoms with E-state index in [1.807, 2.05) is 0 Å². The van der Waals surface area contributed by atoms with Crippen LogP contribution in [0.5, 0.6) is 0 Å². The molecule has 0 spiro atoms. The Labute approximate surface area is 106 Å². The van der Waals surface area contributed by atoms with Crippen molar-refractivity contribution < 1.29 is 0 Å². The summed E-state index contributed by atoms with van der Waals surface area (Å²) in [5.74, 6) is 0.552. The van der Waals surface area contributed by atoms with Crippen LogP contribution >= 0.6 is 0 Å². The van der Waals surface area contributed by atoms with E-state index in [0.29, 0.717) is 5.92 Å². The van der Waals surface area contributed by atoms with Crippen molar-refractivity contribution in [3.63, 3.8) is 0 Å². The molecule has 0 amide bonds. The topological polar surface area (TPSA) is 12.4 Å². The van der Waals surface area contributed by atoms with Gasteiger partial charge in [0.05, 0.1) is 5.69 Å². The molecule has 1 atom stereocenters. The van der Waals surface area contributed by atoms with Crippen LogP contribution in [0.3, 0.4) is 0 Å². The predicted molar refractivity (Wildman–Crippen MR) is 77.5 cm³/mol. The monoisotopic (exact) mass is 231 g/mol. The summed E-state index contributed by atoms with van der Waals surface area (Å²) in [7, 11) is 0. The summed E-state index contributed by atoms with van der Waals surface area (Å²) in [6.07, 6.45) is 3.20. The minimum absolute atomic E-state index is 0.212. The molecule has 0 aliphatic heterocycles. The first kappa shape index (κ1) is 14.0. The largest absolute Gasteiger partial charge is 0.261 e. The summed E-state index contributed by atoms with van der Waals surface area (Å²) in [6.45, 7) is 13.2. The molecule has 0 saturated carbocycles. The molecule has 0 heterocycles. The molecule has 1 nitrogen and oxygen atoms in total. The van der Waals surface area contributed by atoms with E-state index in [0.717, 1.165) is 12.1 Å². The Hall–Kier alpha value is -1.11. The number of rotatable bonds is 3. The van der Waals surface area contributed by atoms with Crippen LogP contribution in [0.25, 0.3) is 0 Å². The van der Waals surface area contributed by atoms with E-state index in [-0.39, 0.29) is 5.41 Å². The summed E-state index contributed by atoms with van der Waals surface area (Å²) in [5, 5.41) is 0. The first-order valence-electron chi connectivity index (χ1n) is 6.50. The van der Waals surface area contributed by atoms with Crippen molar-refractivity contribution in [2.45, 2.75) is 53.4 Å². The quantitative estimate of drug-likeness (QED) is 0.646. The van der Waals surface area contributed by atoms with Crippen molar-refractivity contribution in [2.75, 3.05) is 0 Å². The summed E-state index contributed by atoms with van der Waals surface area (Å²) in [6, 6.07) is 6.58. The molecule has 1 heteroatoms. The smallest absolute Gasteiger partial charge is 0.0655 e. The fraction of sp³-hybridized carbons (Fsp3) is 0.562. The highest BCUT2D eigenvalue weighted by Crippen LogP contribution is 2.27. The number of benzene rings is 1. The fourth-order valence-electron chi connectivity index (χ4n) is 1.58. The van der Waals surface area contributed by atoms with Gasteiger partial charge in [0.25, 0.3) is 0 Å². The van der Waals surface area contributed by atoms with E-state index in [1.54, 1.807) is 0 Å². The van der Waals surface area contributed by atoms with Gasteiger partial charge in [-0.3, -0.25) is 4.99 Å². The zero-order valence-electron chi connectivity index (χ0n) is 12.0. The molecule has 0 aliphatic carbocycles. The Morgan fingerprint density at radius 2 is 1.94 bits per heavy atom. The van der Waals surface area contributed by atoms with Gasteiger partial charge in [-0.2, -0.15) is 0 Å². The second-order valence-electron chi connectivity index (χ2n) is 5.91. The predicted octanol–water partition coefficient (Wildman–Crippen LogP) is 5.04. The number of aliphatic imine (C=N–C) groups is 1. The molecule has 0 bridgehead atoms. The summed E-state index contributed by atoms with van der Waals surface area (Å²) in [5.41, 5.74) is 3.94. The molecule has 1 rings (SSSR count). The van der Waals surface area contributed by atoms with Gasteiger partial charge in [0, 0.05) is 6.21 Å². The van der Waals surface area contributed by atoms with Crippen molar-refractivity contribution in [1.82, 2.24) is 0 Å². The van der Waals surface area contributed by atoms with Crippen molar-refractivity contribution in [3.05, 3.63) is 29.3 Å². The molecule has 0 radical (unpaired) electrons. The average molecular weight is 231 g/mol. The van der Waals surface area contributed by atoms with Gasteiger partial charge in [-0.1, -0.05) is 46.8 Å². The molecule has 0 aliphatic rings. The van der Waals surface area contributed by atoms with Gasteiger partial charge >= 0.3 is 0 Å². The lowest BCUT2D eigenvalue weighted by Crippen LogP contribution is -2.10. The van der Waals surface area contributed by atoms with Crippen molar-refractivity contribution in [1.29, 1.82) is 0 Å². The van der Waals surface area contributed by atoms with E-state index in [9.17, 15) is 0 Å². The van der Waals surface area contributed by atoms with Gasteiger partial charge in [0.15, 0.2) is 0 Å². The van der Waals surface area contributed by atoms with E-state index in [2.05, 4.69) is 70.9 Å². The summed E-state index contributed by atoms with van der Waals surface area (Å²) in [4.78, 5) is 4.57. The van der Waals surface area contributed by atoms with Gasteiger partial charge < -0.3 is 0 Å². The van der Waals surface area contributed by atoms with Gasteiger partial charge in [-0.05, 0) is 41.9 Å².